The molecule has 0 aliphatic rings. The van der Waals surface area contributed by atoms with Crippen molar-refractivity contribution in [1.82, 2.24) is 0 Å². The van der Waals surface area contributed by atoms with Gasteiger partial charge in [-0.25, -0.2) is 0 Å². The number of hydrogen-bond acceptors (Lipinski definition) is 3. The highest BCUT2D eigenvalue weighted by molar-refractivity contribution is 7.87. The van der Waals surface area contributed by atoms with E-state index in [9.17, 15) is 21.6 Å². The highest BCUT2D eigenvalue weighted by Crippen LogP contribution is 2.27. The van der Waals surface area contributed by atoms with E-state index in [0.717, 1.165) is 19.3 Å². The fraction of sp³-hybridized carbons (Fsp3) is 0.684. The number of unbranched alkanes of at least 4 members (excludes halogenated alkanes) is 9. The molecular formula is C19H31F3O3S. The van der Waals surface area contributed by atoms with E-state index in [2.05, 4.69) is 11.1 Å². The summed E-state index contributed by atoms with van der Waals surface area (Å²) in [5.74, 6) is -0.351. The summed E-state index contributed by atoms with van der Waals surface area (Å²) >= 11 is 0. The van der Waals surface area contributed by atoms with Crippen molar-refractivity contribution < 1.29 is 25.8 Å². The van der Waals surface area contributed by atoms with Crippen LogP contribution in [-0.2, 0) is 14.3 Å². The zero-order valence-electron chi connectivity index (χ0n) is 15.7. The number of allylic oxidation sites excluding steroid dienone is 5. The van der Waals surface area contributed by atoms with Crippen molar-refractivity contribution in [3.05, 3.63) is 36.1 Å². The van der Waals surface area contributed by atoms with Crippen molar-refractivity contribution in [1.29, 1.82) is 0 Å². The van der Waals surface area contributed by atoms with Crippen LogP contribution in [0.1, 0.15) is 78.1 Å². The minimum atomic E-state index is -5.65. The smallest absolute Gasteiger partial charge is 0.376 e. The lowest BCUT2D eigenvalue weighted by molar-refractivity contribution is -0.0519. The molecule has 0 N–H and O–H groups in total. The molecule has 0 aromatic carbocycles. The molecule has 0 fully saturated rings. The molecule has 0 bridgehead atoms. The van der Waals surface area contributed by atoms with E-state index in [-0.39, 0.29) is 5.76 Å². The normalized spacial score (nSPS) is 13.8. The molecule has 152 valence electrons. The molecule has 0 unspecified atom stereocenters. The molecule has 0 saturated heterocycles. The van der Waals surface area contributed by atoms with E-state index in [1.807, 2.05) is 0 Å². The first-order chi connectivity index (χ1) is 12.2. The summed E-state index contributed by atoms with van der Waals surface area (Å²) in [5.41, 5.74) is -5.44. The summed E-state index contributed by atoms with van der Waals surface area (Å²) in [4.78, 5) is 0. The van der Waals surface area contributed by atoms with Crippen LogP contribution in [-0.4, -0.2) is 13.9 Å². The maximum Gasteiger partial charge on any atom is 0.534 e. The summed E-state index contributed by atoms with van der Waals surface area (Å²) < 4.78 is 63.5. The maximum atomic E-state index is 12.4. The van der Waals surface area contributed by atoms with Gasteiger partial charge in [-0.1, -0.05) is 76.5 Å². The first-order valence-electron chi connectivity index (χ1n) is 9.25. The van der Waals surface area contributed by atoms with E-state index in [4.69, 9.17) is 0 Å². The highest BCUT2D eigenvalue weighted by atomic mass is 32.2. The lowest BCUT2D eigenvalue weighted by Gasteiger charge is -2.09. The second kappa shape index (κ2) is 13.9. The fourth-order valence-corrected chi connectivity index (χ4v) is 2.71. The standard InChI is InChI=1S/C19H31F3O3S/c1-3-5-7-8-9-10-11-12-13-14-15-17-18(16-6-4-2)25-26(23,24)19(20,21)22/h4,6,15-17H,3,5,7-14H2,1-2H3/b6-4+,17-15+,18-16-. The molecule has 26 heavy (non-hydrogen) atoms. The fourth-order valence-electron chi connectivity index (χ4n) is 2.25. The van der Waals surface area contributed by atoms with Gasteiger partial charge in [-0.05, 0) is 31.9 Å². The van der Waals surface area contributed by atoms with Gasteiger partial charge < -0.3 is 4.18 Å². The number of halogens is 3. The van der Waals surface area contributed by atoms with Crippen LogP contribution >= 0.6 is 0 Å². The molecule has 0 radical (unpaired) electrons. The Morgan fingerprint density at radius 3 is 2.00 bits per heavy atom. The molecule has 0 atom stereocenters. The van der Waals surface area contributed by atoms with Gasteiger partial charge in [-0.15, -0.1) is 0 Å². The lowest BCUT2D eigenvalue weighted by Crippen LogP contribution is -2.25. The zero-order chi connectivity index (χ0) is 19.9. The van der Waals surface area contributed by atoms with Crippen molar-refractivity contribution in [2.24, 2.45) is 0 Å². The van der Waals surface area contributed by atoms with Gasteiger partial charge in [0.05, 0.1) is 0 Å². The van der Waals surface area contributed by atoms with Gasteiger partial charge in [-0.3, -0.25) is 0 Å². The van der Waals surface area contributed by atoms with E-state index < -0.39 is 15.6 Å². The average Bonchev–Trinajstić information content (AvgIpc) is 2.56. The number of hydrogen-bond donors (Lipinski definition) is 0. The largest absolute Gasteiger partial charge is 0.534 e. The first-order valence-corrected chi connectivity index (χ1v) is 10.7. The highest BCUT2D eigenvalue weighted by Gasteiger charge is 2.48. The molecule has 0 aromatic rings. The van der Waals surface area contributed by atoms with E-state index >= 15 is 0 Å². The summed E-state index contributed by atoms with van der Waals surface area (Å²) in [6.45, 7) is 3.86. The molecule has 3 nitrogen and oxygen atoms in total. The molecule has 0 amide bonds. The summed E-state index contributed by atoms with van der Waals surface area (Å²) in [5, 5.41) is 0. The van der Waals surface area contributed by atoms with Crippen LogP contribution in [0.15, 0.2) is 36.1 Å². The molecule has 0 aliphatic carbocycles. The molecular weight excluding hydrogens is 365 g/mol. The first kappa shape index (κ1) is 24.8. The van der Waals surface area contributed by atoms with Crippen LogP contribution < -0.4 is 0 Å². The van der Waals surface area contributed by atoms with Crippen molar-refractivity contribution in [3.63, 3.8) is 0 Å². The Balaban J connectivity index is 4.22. The predicted octanol–water partition coefficient (Wildman–Crippen LogP) is 6.79. The Hall–Kier alpha value is -1.24. The summed E-state index contributed by atoms with van der Waals surface area (Å²) in [6, 6.07) is 0. The Morgan fingerprint density at radius 1 is 0.962 bits per heavy atom. The van der Waals surface area contributed by atoms with Crippen molar-refractivity contribution in [2.75, 3.05) is 0 Å². The Morgan fingerprint density at radius 2 is 1.50 bits per heavy atom. The van der Waals surface area contributed by atoms with Crippen LogP contribution in [0.25, 0.3) is 0 Å². The van der Waals surface area contributed by atoms with Crippen LogP contribution in [0.4, 0.5) is 13.2 Å². The minimum Gasteiger partial charge on any atom is -0.376 e. The second-order valence-electron chi connectivity index (χ2n) is 6.10. The predicted molar refractivity (Wildman–Crippen MR) is 99.9 cm³/mol. The minimum absolute atomic E-state index is 0.351. The third-order valence-corrected chi connectivity index (χ3v) is 4.68. The average molecular weight is 397 g/mol. The maximum absolute atomic E-state index is 12.4. The second-order valence-corrected chi connectivity index (χ2v) is 7.64. The van der Waals surface area contributed by atoms with Gasteiger partial charge in [0, 0.05) is 0 Å². The van der Waals surface area contributed by atoms with Gasteiger partial charge in [0.15, 0.2) is 0 Å². The molecule has 0 heterocycles. The molecule has 0 aliphatic heterocycles. The molecule has 0 spiro atoms. The summed E-state index contributed by atoms with van der Waals surface area (Å²) in [7, 11) is -5.65. The van der Waals surface area contributed by atoms with E-state index in [0.29, 0.717) is 6.42 Å². The van der Waals surface area contributed by atoms with Crippen LogP contribution in [0.2, 0.25) is 0 Å². The Labute approximate surface area is 156 Å². The Bertz CT molecular complexity index is 547. The van der Waals surface area contributed by atoms with Crippen molar-refractivity contribution in [2.45, 2.75) is 83.6 Å². The van der Waals surface area contributed by atoms with Gasteiger partial charge in [-0.2, -0.15) is 21.6 Å². The quantitative estimate of drug-likeness (QED) is 0.107. The van der Waals surface area contributed by atoms with Crippen LogP contribution in [0.3, 0.4) is 0 Å². The van der Waals surface area contributed by atoms with Crippen molar-refractivity contribution >= 4 is 10.1 Å². The van der Waals surface area contributed by atoms with Gasteiger partial charge in [0.2, 0.25) is 0 Å². The number of alkyl halides is 3. The van der Waals surface area contributed by atoms with Gasteiger partial charge in [0.25, 0.3) is 0 Å². The Kier molecular flexibility index (Phi) is 13.2. The monoisotopic (exact) mass is 396 g/mol. The molecule has 0 rings (SSSR count). The van der Waals surface area contributed by atoms with Gasteiger partial charge in [0.1, 0.15) is 5.76 Å². The SMILES string of the molecule is C/C=C/C=C(/C=C/CCCCCCCCCCC)OS(=O)(=O)C(F)(F)F. The third-order valence-electron chi connectivity index (χ3n) is 3.70. The van der Waals surface area contributed by atoms with Crippen LogP contribution in [0, 0.1) is 0 Å². The lowest BCUT2D eigenvalue weighted by atomic mass is 10.1. The molecule has 0 saturated carbocycles. The third kappa shape index (κ3) is 12.2. The van der Waals surface area contributed by atoms with E-state index in [1.165, 1.54) is 56.8 Å². The molecule has 7 heteroatoms. The van der Waals surface area contributed by atoms with E-state index in [1.54, 1.807) is 19.1 Å². The topological polar surface area (TPSA) is 43.4 Å². The van der Waals surface area contributed by atoms with Gasteiger partial charge >= 0.3 is 15.6 Å². The zero-order valence-corrected chi connectivity index (χ0v) is 16.5. The summed E-state index contributed by atoms with van der Waals surface area (Å²) in [6.07, 6.45) is 18.4. The van der Waals surface area contributed by atoms with Crippen LogP contribution in [0.5, 0.6) is 0 Å². The van der Waals surface area contributed by atoms with Crippen molar-refractivity contribution in [3.8, 4) is 0 Å². The molecule has 0 aromatic heterocycles. The number of rotatable bonds is 14.